The fourth-order valence-corrected chi connectivity index (χ4v) is 3.33. The number of aliphatic hydroxyl groups is 1. The largest absolute Gasteiger partial charge is 0.493 e. The van der Waals surface area contributed by atoms with Gasteiger partial charge in [-0.15, -0.1) is 10.2 Å². The summed E-state index contributed by atoms with van der Waals surface area (Å²) < 4.78 is 27.1. The highest BCUT2D eigenvalue weighted by Gasteiger charge is 2.25. The summed E-state index contributed by atoms with van der Waals surface area (Å²) in [6, 6.07) is 5.09. The first kappa shape index (κ1) is 16.3. The topological polar surface area (TPSA) is 122 Å². The summed E-state index contributed by atoms with van der Waals surface area (Å²) in [7, 11) is -0.964. The van der Waals surface area contributed by atoms with Crippen molar-refractivity contribution >= 4 is 43.4 Å². The van der Waals surface area contributed by atoms with Crippen LogP contribution in [0.15, 0.2) is 40.0 Å². The van der Waals surface area contributed by atoms with Crippen LogP contribution in [0.3, 0.4) is 0 Å². The Morgan fingerprint density at radius 2 is 2.21 bits per heavy atom. The van der Waals surface area contributed by atoms with Crippen LogP contribution >= 0.6 is 11.3 Å². The monoisotopic (exact) mass is 368 g/mol. The highest BCUT2D eigenvalue weighted by atomic mass is 32.2. The number of aliphatic hydroxyl groups excluding tert-OH is 1. The van der Waals surface area contributed by atoms with Gasteiger partial charge in [0, 0.05) is 7.05 Å². The van der Waals surface area contributed by atoms with Gasteiger partial charge in [-0.05, 0) is 17.7 Å². The van der Waals surface area contributed by atoms with E-state index >= 15 is 0 Å². The number of carbonyl (C=O) groups excluding carboxylic acids is 1. The van der Waals surface area contributed by atoms with Gasteiger partial charge in [0.15, 0.2) is 6.73 Å². The number of thiol groups is 1. The summed E-state index contributed by atoms with van der Waals surface area (Å²) in [5, 5.41) is 17.7. The third-order valence-electron chi connectivity index (χ3n) is 3.14. The van der Waals surface area contributed by atoms with E-state index in [2.05, 4.69) is 15.2 Å². The minimum absolute atomic E-state index is 0.0427. The Morgan fingerprint density at radius 3 is 2.96 bits per heavy atom. The van der Waals surface area contributed by atoms with Crippen LogP contribution in [0.2, 0.25) is 0 Å². The van der Waals surface area contributed by atoms with E-state index in [9.17, 15) is 18.3 Å². The number of rotatable bonds is 4. The number of cyclic esters (lactones) is 1. The zero-order chi connectivity index (χ0) is 17.3. The lowest BCUT2D eigenvalue weighted by molar-refractivity contribution is -0.147. The summed E-state index contributed by atoms with van der Waals surface area (Å²) in [6.07, 6.45) is 0. The molecule has 0 saturated heterocycles. The Kier molecular flexibility index (Phi) is 4.44. The predicted octanol–water partition coefficient (Wildman–Crippen LogP) is 1.66. The molecule has 2 aromatic rings. The molecule has 9 nitrogen and oxygen atoms in total. The smallest absolute Gasteiger partial charge is 0.366 e. The van der Waals surface area contributed by atoms with Gasteiger partial charge in [0.2, 0.25) is 16.7 Å². The molecule has 0 bridgehead atoms. The minimum Gasteiger partial charge on any atom is -0.493 e. The van der Waals surface area contributed by atoms with E-state index in [0.717, 1.165) is 4.70 Å². The predicted molar refractivity (Wildman–Crippen MR) is 86.5 cm³/mol. The first-order chi connectivity index (χ1) is 11.4. The maximum Gasteiger partial charge on any atom is 0.366 e. The van der Waals surface area contributed by atoms with Gasteiger partial charge in [0.1, 0.15) is 10.7 Å². The molecular weight excluding hydrogens is 356 g/mol. The Bertz CT molecular complexity index is 939. The number of ether oxygens (including phenoxy) is 1. The lowest BCUT2D eigenvalue weighted by atomic mass is 10.2. The van der Waals surface area contributed by atoms with Gasteiger partial charge in [0.05, 0.1) is 16.0 Å². The molecule has 1 aliphatic rings. The van der Waals surface area contributed by atoms with Crippen LogP contribution in [0.4, 0.5) is 5.13 Å². The van der Waals surface area contributed by atoms with Crippen LogP contribution in [0.5, 0.6) is 0 Å². The molecule has 0 spiro atoms. The zero-order valence-corrected chi connectivity index (χ0v) is 14.1. The molecule has 1 aromatic heterocycles. The second kappa shape index (κ2) is 6.53. The highest BCUT2D eigenvalue weighted by Crippen LogP contribution is 2.30. The Morgan fingerprint density at radius 1 is 1.42 bits per heavy atom. The molecule has 1 aromatic carbocycles. The quantitative estimate of drug-likeness (QED) is 0.478. The number of esters is 1. The summed E-state index contributed by atoms with van der Waals surface area (Å²) in [5.74, 6) is -1.13. The number of fused-ring (bicyclic) bond motifs is 1. The van der Waals surface area contributed by atoms with Crippen molar-refractivity contribution in [1.29, 1.82) is 0 Å². The molecule has 24 heavy (non-hydrogen) atoms. The Balaban J connectivity index is 1.90. The highest BCUT2D eigenvalue weighted by molar-refractivity contribution is 7.71. The lowest BCUT2D eigenvalue weighted by Crippen LogP contribution is -2.31. The van der Waals surface area contributed by atoms with Gasteiger partial charge in [-0.1, -0.05) is 17.4 Å². The lowest BCUT2D eigenvalue weighted by Gasteiger charge is -2.22. The van der Waals surface area contributed by atoms with E-state index < -0.39 is 16.7 Å². The van der Waals surface area contributed by atoms with Crippen LogP contribution in [0, 0.1) is 0 Å². The number of benzene rings is 1. The molecule has 2 heterocycles. The molecule has 11 heteroatoms. The zero-order valence-electron chi connectivity index (χ0n) is 12.4. The maximum atomic E-state index is 11.6. The first-order valence-corrected chi connectivity index (χ1v) is 8.86. The SMILES string of the molecule is CN1COC(=O)C(N=Nc2nc3ccc(C[SH](=O)=O)cc3s2)=C1O. The summed E-state index contributed by atoms with van der Waals surface area (Å²) in [4.78, 5) is 17.1. The van der Waals surface area contributed by atoms with Crippen molar-refractivity contribution in [3.05, 3.63) is 35.3 Å². The van der Waals surface area contributed by atoms with E-state index in [0.29, 0.717) is 11.1 Å². The number of hydrogen-bond acceptors (Lipinski definition) is 10. The van der Waals surface area contributed by atoms with Crippen molar-refractivity contribution in [2.75, 3.05) is 13.8 Å². The van der Waals surface area contributed by atoms with Crippen molar-refractivity contribution in [1.82, 2.24) is 9.88 Å². The molecule has 1 N–H and O–H groups in total. The standard InChI is InChI=1S/C13H12N4O5S2/c1-17-6-22-12(19)10(11(17)18)15-16-13-14-8-3-2-7(5-24(20)21)4-9(8)23-13/h2-4,18,24H,5-6H2,1H3. The Hall–Kier alpha value is -2.53. The van der Waals surface area contributed by atoms with Crippen LogP contribution in [-0.4, -0.2) is 43.2 Å². The number of aromatic nitrogens is 1. The second-order valence-corrected chi connectivity index (χ2v) is 6.91. The summed E-state index contributed by atoms with van der Waals surface area (Å²) in [6.45, 7) is -0.0600. The molecule has 3 rings (SSSR count). The molecule has 1 aliphatic heterocycles. The third-order valence-corrected chi connectivity index (χ3v) is 4.67. The fraction of sp³-hybridized carbons (Fsp3) is 0.231. The van der Waals surface area contributed by atoms with E-state index in [1.54, 1.807) is 18.2 Å². The van der Waals surface area contributed by atoms with Gasteiger partial charge < -0.3 is 14.7 Å². The number of carbonyl (C=O) groups is 1. The molecule has 0 radical (unpaired) electrons. The fourth-order valence-electron chi connectivity index (χ4n) is 1.98. The van der Waals surface area contributed by atoms with Gasteiger partial charge in [-0.3, -0.25) is 0 Å². The van der Waals surface area contributed by atoms with Crippen LogP contribution in [0.25, 0.3) is 10.2 Å². The summed E-state index contributed by atoms with van der Waals surface area (Å²) in [5.41, 5.74) is 0.996. The van der Waals surface area contributed by atoms with Gasteiger partial charge >= 0.3 is 5.97 Å². The Labute approximate surface area is 141 Å². The van der Waals surface area contributed by atoms with Gasteiger partial charge in [0.25, 0.3) is 0 Å². The van der Waals surface area contributed by atoms with Crippen molar-refractivity contribution in [3.63, 3.8) is 0 Å². The molecule has 126 valence electrons. The van der Waals surface area contributed by atoms with Gasteiger partial charge in [-0.25, -0.2) is 18.2 Å². The van der Waals surface area contributed by atoms with E-state index in [1.807, 2.05) is 0 Å². The van der Waals surface area contributed by atoms with E-state index in [4.69, 9.17) is 4.74 Å². The normalized spacial score (nSPS) is 15.8. The molecule has 0 aliphatic carbocycles. The first-order valence-electron chi connectivity index (χ1n) is 6.68. The number of nitrogens with zero attached hydrogens (tertiary/aromatic N) is 4. The molecule has 0 atom stereocenters. The molecule has 0 fully saturated rings. The van der Waals surface area contributed by atoms with Crippen LogP contribution in [-0.2, 0) is 26.0 Å². The molecule has 0 unspecified atom stereocenters. The van der Waals surface area contributed by atoms with Gasteiger partial charge in [-0.2, -0.15) is 0 Å². The average molecular weight is 368 g/mol. The van der Waals surface area contributed by atoms with Crippen LogP contribution in [0.1, 0.15) is 5.56 Å². The molecular formula is C13H12N4O5S2. The number of thiazole rings is 1. The van der Waals surface area contributed by atoms with E-state index in [1.165, 1.54) is 23.3 Å². The average Bonchev–Trinajstić information content (AvgIpc) is 2.92. The second-order valence-electron chi connectivity index (χ2n) is 4.92. The minimum atomic E-state index is -2.50. The van der Waals surface area contributed by atoms with Crippen molar-refractivity contribution in [2.24, 2.45) is 10.2 Å². The van der Waals surface area contributed by atoms with Crippen molar-refractivity contribution in [3.8, 4) is 0 Å². The van der Waals surface area contributed by atoms with Crippen LogP contribution < -0.4 is 0 Å². The van der Waals surface area contributed by atoms with Crippen molar-refractivity contribution < 1.29 is 23.1 Å². The third kappa shape index (κ3) is 3.36. The number of azo groups is 1. The van der Waals surface area contributed by atoms with E-state index in [-0.39, 0.29) is 29.2 Å². The number of hydrogen-bond donors (Lipinski definition) is 2. The summed E-state index contributed by atoms with van der Waals surface area (Å²) >= 11 is 1.19. The van der Waals surface area contributed by atoms with Crippen molar-refractivity contribution in [2.45, 2.75) is 5.75 Å². The molecule has 0 saturated carbocycles. The maximum absolute atomic E-state index is 11.6. The molecule has 0 amide bonds.